The van der Waals surface area contributed by atoms with E-state index in [0.717, 1.165) is 22.0 Å². The molecule has 5 aromatic rings. The Labute approximate surface area is 180 Å². The van der Waals surface area contributed by atoms with Crippen LogP contribution in [0.4, 0.5) is 0 Å². The third kappa shape index (κ3) is 2.68. The van der Waals surface area contributed by atoms with E-state index in [0.29, 0.717) is 11.6 Å². The topological polar surface area (TPSA) is 49.4 Å². The first-order valence-corrected chi connectivity index (χ1v) is 10.6. The highest BCUT2D eigenvalue weighted by molar-refractivity contribution is 6.62. The van der Waals surface area contributed by atoms with E-state index in [4.69, 9.17) is 18.7 Å². The molecule has 5 nitrogen and oxygen atoms in total. The monoisotopic (exact) mass is 410 g/mol. The van der Waals surface area contributed by atoms with Gasteiger partial charge in [-0.25, -0.2) is 0 Å². The van der Waals surface area contributed by atoms with Crippen LogP contribution in [0.15, 0.2) is 71.1 Å². The molecule has 0 bridgehead atoms. The van der Waals surface area contributed by atoms with Crippen LogP contribution < -0.4 is 5.46 Å². The van der Waals surface area contributed by atoms with Gasteiger partial charge >= 0.3 is 13.1 Å². The summed E-state index contributed by atoms with van der Waals surface area (Å²) in [5.41, 5.74) is 3.81. The minimum Gasteiger partial charge on any atom is -0.423 e. The summed E-state index contributed by atoms with van der Waals surface area (Å²) in [6, 6.07) is 23.2. The lowest BCUT2D eigenvalue weighted by molar-refractivity contribution is 0.00578. The molecule has 1 aliphatic rings. The lowest BCUT2D eigenvalue weighted by Gasteiger charge is -2.32. The first-order chi connectivity index (χ1) is 14.8. The summed E-state index contributed by atoms with van der Waals surface area (Å²) < 4.78 is 20.8. The lowest BCUT2D eigenvalue weighted by atomic mass is 9.79. The predicted octanol–water partition coefficient (Wildman–Crippen LogP) is 5.22. The fraction of sp³-hybridized carbons (Fsp3) is 0.240. The first kappa shape index (κ1) is 18.7. The second-order valence-electron chi connectivity index (χ2n) is 9.18. The van der Waals surface area contributed by atoms with Gasteiger partial charge in [0.2, 0.25) is 0 Å². The highest BCUT2D eigenvalue weighted by atomic mass is 16.7. The van der Waals surface area contributed by atoms with E-state index in [1.807, 2.05) is 30.3 Å². The zero-order valence-electron chi connectivity index (χ0n) is 18.0. The summed E-state index contributed by atoms with van der Waals surface area (Å²) >= 11 is 0. The third-order valence-electron chi connectivity index (χ3n) is 6.70. The summed E-state index contributed by atoms with van der Waals surface area (Å²) in [5, 5.41) is 2.36. The summed E-state index contributed by atoms with van der Waals surface area (Å²) in [6.07, 6.45) is 0. The van der Waals surface area contributed by atoms with Crippen molar-refractivity contribution in [2.75, 3.05) is 0 Å². The van der Waals surface area contributed by atoms with Crippen molar-refractivity contribution in [1.29, 1.82) is 0 Å². The van der Waals surface area contributed by atoms with Crippen LogP contribution in [0.25, 0.3) is 38.9 Å². The number of hydrogen-bond donors (Lipinski definition) is 0. The van der Waals surface area contributed by atoms with E-state index < -0.39 is 7.12 Å². The van der Waals surface area contributed by atoms with Gasteiger partial charge in [0, 0.05) is 10.8 Å². The van der Waals surface area contributed by atoms with E-state index in [9.17, 15) is 0 Å². The Bertz CT molecular complexity index is 1390. The Morgan fingerprint density at radius 2 is 1.35 bits per heavy atom. The van der Waals surface area contributed by atoms with E-state index >= 15 is 0 Å². The number of aromatic nitrogens is 2. The molecular weight excluding hydrogens is 387 g/mol. The lowest BCUT2D eigenvalue weighted by Crippen LogP contribution is -2.41. The molecule has 0 unspecified atom stereocenters. The number of para-hydroxylation sites is 2. The van der Waals surface area contributed by atoms with Crippen molar-refractivity contribution in [3.05, 3.63) is 66.7 Å². The molecule has 1 fully saturated rings. The summed E-state index contributed by atoms with van der Waals surface area (Å²) in [5.74, 6) is 0. The summed E-state index contributed by atoms with van der Waals surface area (Å²) in [6.45, 7) is 8.22. The van der Waals surface area contributed by atoms with Crippen molar-refractivity contribution in [3.63, 3.8) is 0 Å². The van der Waals surface area contributed by atoms with Gasteiger partial charge in [-0.1, -0.05) is 42.5 Å². The Hall–Kier alpha value is -3.09. The van der Waals surface area contributed by atoms with E-state index in [1.165, 1.54) is 10.8 Å². The average Bonchev–Trinajstić information content (AvgIpc) is 3.36. The third-order valence-corrected chi connectivity index (χ3v) is 6.70. The van der Waals surface area contributed by atoms with Crippen molar-refractivity contribution in [2.45, 2.75) is 38.9 Å². The molecule has 0 saturated carbocycles. The van der Waals surface area contributed by atoms with Crippen molar-refractivity contribution in [3.8, 4) is 6.01 Å². The molecule has 154 valence electrons. The smallest absolute Gasteiger partial charge is 0.423 e. The number of oxazole rings is 1. The molecule has 2 aromatic heterocycles. The predicted molar refractivity (Wildman–Crippen MR) is 124 cm³/mol. The van der Waals surface area contributed by atoms with Crippen LogP contribution in [0.2, 0.25) is 0 Å². The zero-order valence-corrected chi connectivity index (χ0v) is 18.0. The van der Waals surface area contributed by atoms with Gasteiger partial charge in [-0.3, -0.25) is 4.57 Å². The SMILES string of the molecule is CC1(C)OB(c2ccc3nc(-n4c5ccccc5c5ccccc54)oc3c2)OC1(C)C. The molecule has 31 heavy (non-hydrogen) atoms. The molecule has 1 saturated heterocycles. The minimum atomic E-state index is -0.434. The molecule has 0 spiro atoms. The van der Waals surface area contributed by atoms with Gasteiger partial charge in [-0.2, -0.15) is 4.98 Å². The van der Waals surface area contributed by atoms with Crippen molar-refractivity contribution >= 4 is 45.5 Å². The van der Waals surface area contributed by atoms with Crippen molar-refractivity contribution < 1.29 is 13.7 Å². The highest BCUT2D eigenvalue weighted by Crippen LogP contribution is 2.37. The normalized spacial score (nSPS) is 17.9. The molecule has 0 amide bonds. The maximum Gasteiger partial charge on any atom is 0.494 e. The molecule has 0 radical (unpaired) electrons. The van der Waals surface area contributed by atoms with Gasteiger partial charge in [-0.05, 0) is 57.4 Å². The van der Waals surface area contributed by atoms with Gasteiger partial charge < -0.3 is 13.7 Å². The second kappa shape index (κ2) is 6.22. The van der Waals surface area contributed by atoms with Crippen LogP contribution in [0.5, 0.6) is 0 Å². The van der Waals surface area contributed by atoms with Crippen LogP contribution in [0.1, 0.15) is 27.7 Å². The molecule has 6 heteroatoms. The van der Waals surface area contributed by atoms with Gasteiger partial charge in [0.25, 0.3) is 0 Å². The maximum atomic E-state index is 6.27. The van der Waals surface area contributed by atoms with Gasteiger partial charge in [0.15, 0.2) is 5.58 Å². The van der Waals surface area contributed by atoms with E-state index in [1.54, 1.807) is 0 Å². The van der Waals surface area contributed by atoms with Crippen LogP contribution in [0.3, 0.4) is 0 Å². The Kier molecular flexibility index (Phi) is 3.74. The highest BCUT2D eigenvalue weighted by Gasteiger charge is 2.51. The Morgan fingerprint density at radius 3 is 1.97 bits per heavy atom. The fourth-order valence-corrected chi connectivity index (χ4v) is 4.28. The standard InChI is InChI=1S/C25H23BN2O3/c1-24(2)25(3,4)31-26(30-24)16-13-14-19-22(15-16)29-23(27-19)28-20-11-7-5-9-17(20)18-10-6-8-12-21(18)28/h5-15H,1-4H3. The number of hydrogen-bond acceptors (Lipinski definition) is 4. The van der Waals surface area contributed by atoms with Crippen LogP contribution in [0, 0.1) is 0 Å². The number of rotatable bonds is 2. The van der Waals surface area contributed by atoms with E-state index in [-0.39, 0.29) is 11.2 Å². The number of benzene rings is 3. The average molecular weight is 410 g/mol. The van der Waals surface area contributed by atoms with Gasteiger partial charge in [0.1, 0.15) is 5.52 Å². The number of fused-ring (bicyclic) bond motifs is 4. The maximum absolute atomic E-state index is 6.27. The summed E-state index contributed by atoms with van der Waals surface area (Å²) in [7, 11) is -0.434. The molecule has 0 N–H and O–H groups in total. The quantitative estimate of drug-likeness (QED) is 0.374. The molecule has 0 aliphatic carbocycles. The Balaban J connectivity index is 1.49. The summed E-state index contributed by atoms with van der Waals surface area (Å²) in [4.78, 5) is 4.80. The molecule has 6 rings (SSSR count). The van der Waals surface area contributed by atoms with Gasteiger partial charge in [0.05, 0.1) is 22.2 Å². The zero-order chi connectivity index (χ0) is 21.4. The van der Waals surface area contributed by atoms with E-state index in [2.05, 4.69) is 68.7 Å². The Morgan fingerprint density at radius 1 is 0.774 bits per heavy atom. The van der Waals surface area contributed by atoms with Crippen LogP contribution in [-0.4, -0.2) is 27.9 Å². The second-order valence-corrected chi connectivity index (χ2v) is 9.18. The molecule has 3 heterocycles. The fourth-order valence-electron chi connectivity index (χ4n) is 4.28. The van der Waals surface area contributed by atoms with Crippen molar-refractivity contribution in [1.82, 2.24) is 9.55 Å². The molecular formula is C25H23BN2O3. The molecule has 0 atom stereocenters. The number of nitrogens with zero attached hydrogens (tertiary/aromatic N) is 2. The van der Waals surface area contributed by atoms with Crippen LogP contribution in [-0.2, 0) is 9.31 Å². The largest absolute Gasteiger partial charge is 0.494 e. The minimum absolute atomic E-state index is 0.387. The molecule has 1 aliphatic heterocycles. The van der Waals surface area contributed by atoms with Gasteiger partial charge in [-0.15, -0.1) is 0 Å². The first-order valence-electron chi connectivity index (χ1n) is 10.6. The van der Waals surface area contributed by atoms with Crippen LogP contribution >= 0.6 is 0 Å². The molecule has 3 aromatic carbocycles. The van der Waals surface area contributed by atoms with Crippen molar-refractivity contribution in [2.24, 2.45) is 0 Å².